The third-order valence-electron chi connectivity index (χ3n) is 4.19. The van der Waals surface area contributed by atoms with Gasteiger partial charge >= 0.3 is 0 Å². The molecule has 0 N–H and O–H groups in total. The van der Waals surface area contributed by atoms with Crippen LogP contribution in [0.3, 0.4) is 0 Å². The molecule has 0 aromatic rings. The van der Waals surface area contributed by atoms with E-state index in [0.717, 1.165) is 12.8 Å². The molecule has 3 heteroatoms. The molecule has 0 aliphatic carbocycles. The Bertz CT molecular complexity index is 325. The number of hydrogen-bond donors (Lipinski definition) is 0. The molecule has 102 valence electrons. The molecule has 0 aromatic carbocycles. The predicted molar refractivity (Wildman–Crippen MR) is 73.8 cm³/mol. The molecule has 17 heavy (non-hydrogen) atoms. The minimum atomic E-state index is -2.81. The van der Waals surface area contributed by atoms with Crippen molar-refractivity contribution in [1.29, 1.82) is 0 Å². The zero-order valence-corrected chi connectivity index (χ0v) is 13.0. The van der Waals surface area contributed by atoms with Crippen molar-refractivity contribution in [2.24, 2.45) is 22.7 Å². The van der Waals surface area contributed by atoms with Crippen molar-refractivity contribution in [3.05, 3.63) is 0 Å². The van der Waals surface area contributed by atoms with Crippen LogP contribution < -0.4 is 0 Å². The molecule has 0 saturated carbocycles. The highest BCUT2D eigenvalue weighted by Gasteiger charge is 2.41. The molecule has 0 aromatic heterocycles. The van der Waals surface area contributed by atoms with Crippen LogP contribution in [0.1, 0.15) is 54.4 Å². The first kappa shape index (κ1) is 15.0. The SMILES string of the molecule is CC(C)(C)[C@@H]1CCS(=O)(=O)CC[C@@H]1C(C)(C)C. The molecular weight excluding hydrogens is 232 g/mol. The van der Waals surface area contributed by atoms with Gasteiger partial charge in [0.2, 0.25) is 0 Å². The summed E-state index contributed by atoms with van der Waals surface area (Å²) in [6.07, 6.45) is 1.65. The van der Waals surface area contributed by atoms with Crippen molar-refractivity contribution < 1.29 is 8.42 Å². The van der Waals surface area contributed by atoms with Gasteiger partial charge in [0.25, 0.3) is 0 Å². The highest BCUT2D eigenvalue weighted by Crippen LogP contribution is 2.46. The molecule has 0 unspecified atom stereocenters. The van der Waals surface area contributed by atoms with Gasteiger partial charge in [-0.15, -0.1) is 0 Å². The Morgan fingerprint density at radius 3 is 1.29 bits per heavy atom. The monoisotopic (exact) mass is 260 g/mol. The average molecular weight is 260 g/mol. The molecule has 0 amide bonds. The fraction of sp³-hybridized carbons (Fsp3) is 1.00. The van der Waals surface area contributed by atoms with Gasteiger partial charge in [-0.25, -0.2) is 8.42 Å². The van der Waals surface area contributed by atoms with Crippen LogP contribution in [0.4, 0.5) is 0 Å². The maximum atomic E-state index is 11.8. The zero-order valence-electron chi connectivity index (χ0n) is 12.2. The van der Waals surface area contributed by atoms with Crippen molar-refractivity contribution in [3.63, 3.8) is 0 Å². The van der Waals surface area contributed by atoms with Crippen molar-refractivity contribution in [3.8, 4) is 0 Å². The average Bonchev–Trinajstić information content (AvgIpc) is 2.20. The number of hydrogen-bond acceptors (Lipinski definition) is 2. The van der Waals surface area contributed by atoms with Crippen molar-refractivity contribution >= 4 is 9.84 Å². The summed E-state index contributed by atoms with van der Waals surface area (Å²) in [7, 11) is -2.81. The van der Waals surface area contributed by atoms with Crippen LogP contribution in [0.5, 0.6) is 0 Å². The highest BCUT2D eigenvalue weighted by molar-refractivity contribution is 7.91. The van der Waals surface area contributed by atoms with Gasteiger partial charge in [-0.2, -0.15) is 0 Å². The second-order valence-electron chi connectivity index (χ2n) is 7.67. The van der Waals surface area contributed by atoms with E-state index in [1.54, 1.807) is 0 Å². The van der Waals surface area contributed by atoms with Gasteiger partial charge in [0.15, 0.2) is 0 Å². The van der Waals surface area contributed by atoms with E-state index < -0.39 is 9.84 Å². The van der Waals surface area contributed by atoms with Crippen molar-refractivity contribution in [2.45, 2.75) is 54.4 Å². The van der Waals surface area contributed by atoms with Crippen LogP contribution in [0.15, 0.2) is 0 Å². The smallest absolute Gasteiger partial charge is 0.150 e. The number of rotatable bonds is 0. The van der Waals surface area contributed by atoms with Crippen molar-refractivity contribution in [1.82, 2.24) is 0 Å². The van der Waals surface area contributed by atoms with E-state index in [0.29, 0.717) is 23.3 Å². The molecular formula is C14H28O2S. The second-order valence-corrected chi connectivity index (χ2v) is 9.98. The van der Waals surface area contributed by atoms with Crippen LogP contribution in [0, 0.1) is 22.7 Å². The lowest BCUT2D eigenvalue weighted by Crippen LogP contribution is -2.35. The Morgan fingerprint density at radius 2 is 1.06 bits per heavy atom. The molecule has 1 saturated heterocycles. The first-order valence-corrected chi connectivity index (χ1v) is 8.46. The van der Waals surface area contributed by atoms with Crippen LogP contribution in [-0.2, 0) is 9.84 Å². The van der Waals surface area contributed by atoms with E-state index in [4.69, 9.17) is 0 Å². The third kappa shape index (κ3) is 3.97. The standard InChI is InChI=1S/C14H28O2S/c1-13(2,3)11-7-9-17(15,16)10-8-12(11)14(4,5)6/h11-12H,7-10H2,1-6H3/t11-,12+. The zero-order chi connectivity index (χ0) is 13.5. The minimum absolute atomic E-state index is 0.192. The summed E-state index contributed by atoms with van der Waals surface area (Å²) in [4.78, 5) is 0. The summed E-state index contributed by atoms with van der Waals surface area (Å²) in [5, 5.41) is 0. The quantitative estimate of drug-likeness (QED) is 0.668. The maximum absolute atomic E-state index is 11.8. The van der Waals surface area contributed by atoms with Crippen LogP contribution in [0.2, 0.25) is 0 Å². The fourth-order valence-corrected chi connectivity index (χ4v) is 4.62. The molecule has 2 nitrogen and oxygen atoms in total. The second kappa shape index (κ2) is 4.56. The first-order valence-electron chi connectivity index (χ1n) is 6.64. The molecule has 1 rings (SSSR count). The largest absolute Gasteiger partial charge is 0.229 e. The molecule has 0 radical (unpaired) electrons. The lowest BCUT2D eigenvalue weighted by Gasteiger charge is -2.42. The van der Waals surface area contributed by atoms with E-state index in [2.05, 4.69) is 41.5 Å². The molecule has 1 fully saturated rings. The molecule has 2 atom stereocenters. The summed E-state index contributed by atoms with van der Waals surface area (Å²) in [6, 6.07) is 0. The predicted octanol–water partition coefficient (Wildman–Crippen LogP) is 3.52. The van der Waals surface area contributed by atoms with Gasteiger partial charge in [0.1, 0.15) is 9.84 Å². The van der Waals surface area contributed by atoms with E-state index in [1.807, 2.05) is 0 Å². The molecule has 1 aliphatic heterocycles. The van der Waals surface area contributed by atoms with Gasteiger partial charge in [-0.3, -0.25) is 0 Å². The van der Waals surface area contributed by atoms with Crippen LogP contribution >= 0.6 is 0 Å². The van der Waals surface area contributed by atoms with E-state index >= 15 is 0 Å². The van der Waals surface area contributed by atoms with E-state index in [1.165, 1.54) is 0 Å². The van der Waals surface area contributed by atoms with Gasteiger partial charge < -0.3 is 0 Å². The van der Waals surface area contributed by atoms with Gasteiger partial charge in [0.05, 0.1) is 11.5 Å². The molecule has 1 aliphatic rings. The topological polar surface area (TPSA) is 34.1 Å². The molecule has 0 bridgehead atoms. The Labute approximate surface area is 107 Å². The van der Waals surface area contributed by atoms with Crippen molar-refractivity contribution in [2.75, 3.05) is 11.5 Å². The van der Waals surface area contributed by atoms with Gasteiger partial charge in [0, 0.05) is 0 Å². The molecule has 0 spiro atoms. The Balaban J connectivity index is 3.05. The summed E-state index contributed by atoms with van der Waals surface area (Å²) < 4.78 is 23.6. The lowest BCUT2D eigenvalue weighted by molar-refractivity contribution is 0.0684. The van der Waals surface area contributed by atoms with Crippen LogP contribution in [0.25, 0.3) is 0 Å². The summed E-state index contributed by atoms with van der Waals surface area (Å²) in [6.45, 7) is 13.5. The first-order chi connectivity index (χ1) is 7.43. The Hall–Kier alpha value is -0.0500. The number of sulfone groups is 1. The minimum Gasteiger partial charge on any atom is -0.229 e. The van der Waals surface area contributed by atoms with Crippen LogP contribution in [-0.4, -0.2) is 19.9 Å². The summed E-state index contributed by atoms with van der Waals surface area (Å²) >= 11 is 0. The molecule has 1 heterocycles. The third-order valence-corrected chi connectivity index (χ3v) is 5.91. The van der Waals surface area contributed by atoms with Gasteiger partial charge in [-0.1, -0.05) is 41.5 Å². The fourth-order valence-electron chi connectivity index (χ4n) is 3.19. The van der Waals surface area contributed by atoms with E-state index in [-0.39, 0.29) is 10.8 Å². The normalized spacial score (nSPS) is 30.9. The Kier molecular flexibility index (Phi) is 4.03. The Morgan fingerprint density at radius 1 is 0.765 bits per heavy atom. The highest BCUT2D eigenvalue weighted by atomic mass is 32.2. The maximum Gasteiger partial charge on any atom is 0.150 e. The van der Waals surface area contributed by atoms with E-state index in [9.17, 15) is 8.42 Å². The van der Waals surface area contributed by atoms with Gasteiger partial charge in [-0.05, 0) is 35.5 Å². The summed E-state index contributed by atoms with van der Waals surface area (Å²) in [5.41, 5.74) is 0.385. The lowest BCUT2D eigenvalue weighted by atomic mass is 9.62. The summed E-state index contributed by atoms with van der Waals surface area (Å²) in [5.74, 6) is 1.75.